The summed E-state index contributed by atoms with van der Waals surface area (Å²) >= 11 is 0. The maximum atomic E-state index is 12.6. The van der Waals surface area contributed by atoms with Crippen LogP contribution in [0.1, 0.15) is 29.3 Å². The van der Waals surface area contributed by atoms with Gasteiger partial charge in [-0.3, -0.25) is 19.5 Å². The molecule has 6 heteroatoms. The molecular weight excluding hydrogens is 340 g/mol. The van der Waals surface area contributed by atoms with Crippen molar-refractivity contribution in [1.82, 2.24) is 20.1 Å². The van der Waals surface area contributed by atoms with Crippen LogP contribution in [0.4, 0.5) is 0 Å². The summed E-state index contributed by atoms with van der Waals surface area (Å²) in [6.07, 6.45) is 4.03. The van der Waals surface area contributed by atoms with Gasteiger partial charge < -0.3 is 10.2 Å². The van der Waals surface area contributed by atoms with Crippen LogP contribution in [-0.2, 0) is 11.3 Å². The van der Waals surface area contributed by atoms with E-state index in [1.165, 1.54) is 11.8 Å². The van der Waals surface area contributed by atoms with E-state index in [1.807, 2.05) is 11.0 Å². The number of carbonyl (C=O) groups is 2. The molecule has 1 unspecified atom stereocenters. The first-order chi connectivity index (χ1) is 13.1. The Bertz CT molecular complexity index is 751. The standard InChI is InChI=1S/C21H26N4O2/c1-17-9-11-24(16-18-6-3-2-4-7-18)12-13-25(17)20(26)15-23-21(27)19-8-5-10-22-14-19/h2-8,10,14,17H,9,11-13,15-16H2,1H3,(H,23,27). The Hall–Kier alpha value is -2.73. The van der Waals surface area contributed by atoms with Crippen molar-refractivity contribution in [3.8, 4) is 0 Å². The molecule has 0 radical (unpaired) electrons. The first-order valence-electron chi connectivity index (χ1n) is 9.37. The minimum absolute atomic E-state index is 0.0107. The van der Waals surface area contributed by atoms with Crippen LogP contribution in [0.2, 0.25) is 0 Å². The van der Waals surface area contributed by atoms with Crippen molar-refractivity contribution < 1.29 is 9.59 Å². The summed E-state index contributed by atoms with van der Waals surface area (Å²) in [6.45, 7) is 5.45. The van der Waals surface area contributed by atoms with Crippen LogP contribution >= 0.6 is 0 Å². The van der Waals surface area contributed by atoms with Crippen molar-refractivity contribution in [2.24, 2.45) is 0 Å². The number of carbonyl (C=O) groups excluding carboxylic acids is 2. The number of hydrogen-bond donors (Lipinski definition) is 1. The molecule has 1 atom stereocenters. The molecule has 1 aromatic heterocycles. The lowest BCUT2D eigenvalue weighted by Crippen LogP contribution is -2.45. The fourth-order valence-corrected chi connectivity index (χ4v) is 3.33. The molecule has 6 nitrogen and oxygen atoms in total. The maximum absolute atomic E-state index is 12.6. The molecule has 142 valence electrons. The first kappa shape index (κ1) is 19.0. The normalized spacial score (nSPS) is 18.0. The molecule has 2 aromatic rings. The minimum Gasteiger partial charge on any atom is -0.343 e. The van der Waals surface area contributed by atoms with Gasteiger partial charge in [-0.25, -0.2) is 0 Å². The second kappa shape index (κ2) is 9.28. The Morgan fingerprint density at radius 1 is 1.11 bits per heavy atom. The molecule has 1 aromatic carbocycles. The Morgan fingerprint density at radius 3 is 2.67 bits per heavy atom. The van der Waals surface area contributed by atoms with Crippen molar-refractivity contribution in [2.75, 3.05) is 26.2 Å². The second-order valence-electron chi connectivity index (χ2n) is 6.91. The summed E-state index contributed by atoms with van der Waals surface area (Å²) in [5.41, 5.74) is 1.75. The Balaban J connectivity index is 1.51. The zero-order chi connectivity index (χ0) is 19.1. The topological polar surface area (TPSA) is 65.5 Å². The van der Waals surface area contributed by atoms with Gasteiger partial charge in [-0.05, 0) is 31.0 Å². The van der Waals surface area contributed by atoms with Crippen molar-refractivity contribution >= 4 is 11.8 Å². The Morgan fingerprint density at radius 2 is 1.93 bits per heavy atom. The van der Waals surface area contributed by atoms with Crippen LogP contribution in [-0.4, -0.2) is 58.8 Å². The van der Waals surface area contributed by atoms with E-state index >= 15 is 0 Å². The molecule has 1 fully saturated rings. The number of benzene rings is 1. The quantitative estimate of drug-likeness (QED) is 0.878. The SMILES string of the molecule is CC1CCN(Cc2ccccc2)CCN1C(=O)CNC(=O)c1cccnc1. The summed E-state index contributed by atoms with van der Waals surface area (Å²) in [6, 6.07) is 13.9. The lowest BCUT2D eigenvalue weighted by molar-refractivity contribution is -0.131. The second-order valence-corrected chi connectivity index (χ2v) is 6.91. The minimum atomic E-state index is -0.273. The van der Waals surface area contributed by atoms with Gasteiger partial charge in [0.05, 0.1) is 12.1 Å². The van der Waals surface area contributed by atoms with E-state index in [9.17, 15) is 9.59 Å². The summed E-state index contributed by atoms with van der Waals surface area (Å²) < 4.78 is 0. The lowest BCUT2D eigenvalue weighted by Gasteiger charge is -2.27. The third kappa shape index (κ3) is 5.37. The summed E-state index contributed by atoms with van der Waals surface area (Å²) in [7, 11) is 0. The van der Waals surface area contributed by atoms with Gasteiger partial charge in [-0.1, -0.05) is 30.3 Å². The zero-order valence-corrected chi connectivity index (χ0v) is 15.7. The van der Waals surface area contributed by atoms with Gasteiger partial charge >= 0.3 is 0 Å². The molecule has 0 spiro atoms. The average Bonchev–Trinajstić information content (AvgIpc) is 2.89. The smallest absolute Gasteiger partial charge is 0.253 e. The number of pyridine rings is 1. The molecule has 1 aliphatic heterocycles. The van der Waals surface area contributed by atoms with Gasteiger partial charge in [0.15, 0.2) is 0 Å². The first-order valence-corrected chi connectivity index (χ1v) is 9.37. The number of hydrogen-bond acceptors (Lipinski definition) is 4. The number of nitrogens with one attached hydrogen (secondary N) is 1. The fraction of sp³-hybridized carbons (Fsp3) is 0.381. The fourth-order valence-electron chi connectivity index (χ4n) is 3.33. The molecule has 0 bridgehead atoms. The van der Waals surface area contributed by atoms with Gasteiger partial charge in [0, 0.05) is 44.6 Å². The number of aromatic nitrogens is 1. The lowest BCUT2D eigenvalue weighted by atomic mass is 10.2. The van der Waals surface area contributed by atoms with Crippen LogP contribution in [0.3, 0.4) is 0 Å². The van der Waals surface area contributed by atoms with Crippen LogP contribution in [0.5, 0.6) is 0 Å². The third-order valence-electron chi connectivity index (χ3n) is 4.95. The number of rotatable bonds is 5. The maximum Gasteiger partial charge on any atom is 0.253 e. The van der Waals surface area contributed by atoms with Gasteiger partial charge in [0.1, 0.15) is 0 Å². The van der Waals surface area contributed by atoms with Crippen molar-refractivity contribution in [1.29, 1.82) is 0 Å². The summed E-state index contributed by atoms with van der Waals surface area (Å²) in [4.78, 5) is 32.9. The van der Waals surface area contributed by atoms with Crippen molar-refractivity contribution in [3.05, 3.63) is 66.0 Å². The molecule has 3 rings (SSSR count). The Kier molecular flexibility index (Phi) is 6.54. The summed E-state index contributed by atoms with van der Waals surface area (Å²) in [5.74, 6) is -0.314. The molecule has 0 aliphatic carbocycles. The van der Waals surface area contributed by atoms with Crippen molar-refractivity contribution in [2.45, 2.75) is 25.9 Å². The third-order valence-corrected chi connectivity index (χ3v) is 4.95. The van der Waals surface area contributed by atoms with Gasteiger partial charge in [0.25, 0.3) is 5.91 Å². The van der Waals surface area contributed by atoms with Gasteiger partial charge in [-0.15, -0.1) is 0 Å². The highest BCUT2D eigenvalue weighted by atomic mass is 16.2. The molecular formula is C21H26N4O2. The van der Waals surface area contributed by atoms with Crippen LogP contribution in [0.15, 0.2) is 54.9 Å². The predicted molar refractivity (Wildman–Crippen MR) is 104 cm³/mol. The summed E-state index contributed by atoms with van der Waals surface area (Å²) in [5, 5.41) is 2.70. The molecule has 2 amide bonds. The van der Waals surface area contributed by atoms with Crippen LogP contribution < -0.4 is 5.32 Å². The Labute approximate surface area is 160 Å². The van der Waals surface area contributed by atoms with E-state index in [0.717, 1.165) is 26.1 Å². The van der Waals surface area contributed by atoms with E-state index in [4.69, 9.17) is 0 Å². The van der Waals surface area contributed by atoms with Gasteiger partial charge in [-0.2, -0.15) is 0 Å². The molecule has 1 saturated heterocycles. The van der Waals surface area contributed by atoms with Gasteiger partial charge in [0.2, 0.25) is 5.91 Å². The number of nitrogens with zero attached hydrogens (tertiary/aromatic N) is 3. The van der Waals surface area contributed by atoms with Crippen LogP contribution in [0, 0.1) is 0 Å². The molecule has 2 heterocycles. The van der Waals surface area contributed by atoms with Crippen molar-refractivity contribution in [3.63, 3.8) is 0 Å². The van der Waals surface area contributed by atoms with E-state index in [1.54, 1.807) is 18.3 Å². The van der Waals surface area contributed by atoms with E-state index in [0.29, 0.717) is 12.1 Å². The highest BCUT2D eigenvalue weighted by Crippen LogP contribution is 2.13. The van der Waals surface area contributed by atoms with E-state index in [2.05, 4.69) is 46.4 Å². The monoisotopic (exact) mass is 366 g/mol. The molecule has 1 N–H and O–H groups in total. The largest absolute Gasteiger partial charge is 0.343 e. The molecule has 1 aliphatic rings. The highest BCUT2D eigenvalue weighted by molar-refractivity contribution is 5.96. The predicted octanol–water partition coefficient (Wildman–Crippen LogP) is 1.93. The molecule has 27 heavy (non-hydrogen) atoms. The van der Waals surface area contributed by atoms with E-state index in [-0.39, 0.29) is 24.4 Å². The van der Waals surface area contributed by atoms with Crippen LogP contribution in [0.25, 0.3) is 0 Å². The highest BCUT2D eigenvalue weighted by Gasteiger charge is 2.25. The zero-order valence-electron chi connectivity index (χ0n) is 15.7. The van der Waals surface area contributed by atoms with E-state index < -0.39 is 0 Å². The average molecular weight is 366 g/mol. The molecule has 0 saturated carbocycles. The number of amides is 2.